The van der Waals surface area contributed by atoms with Crippen molar-refractivity contribution in [3.05, 3.63) is 33.9 Å². The minimum atomic E-state index is -0.717. The third-order valence-corrected chi connectivity index (χ3v) is 3.23. The van der Waals surface area contributed by atoms with Gasteiger partial charge < -0.3 is 16.8 Å². The number of primary amides is 1. The van der Waals surface area contributed by atoms with Crippen molar-refractivity contribution in [2.75, 3.05) is 11.9 Å². The zero-order valence-corrected chi connectivity index (χ0v) is 12.6. The fraction of sp³-hybridized carbons (Fsp3) is 0.500. The Bertz CT molecular complexity index is 545. The molecule has 5 N–H and O–H groups in total. The Hall–Kier alpha value is -2.15. The summed E-state index contributed by atoms with van der Waals surface area (Å²) < 4.78 is 0. The van der Waals surface area contributed by atoms with Crippen molar-refractivity contribution in [1.82, 2.24) is 0 Å². The van der Waals surface area contributed by atoms with Gasteiger partial charge in [-0.3, -0.25) is 14.9 Å². The highest BCUT2D eigenvalue weighted by atomic mass is 16.6. The summed E-state index contributed by atoms with van der Waals surface area (Å²) in [6.45, 7) is 6.44. The third kappa shape index (κ3) is 4.42. The second-order valence-electron chi connectivity index (χ2n) is 5.84. The summed E-state index contributed by atoms with van der Waals surface area (Å²) in [5.74, 6) is -0.314. The second kappa shape index (κ2) is 6.53. The van der Waals surface area contributed by atoms with Crippen LogP contribution in [0.15, 0.2) is 18.2 Å². The van der Waals surface area contributed by atoms with E-state index < -0.39 is 16.4 Å². The molecule has 116 valence electrons. The number of nitrogens with zero attached hydrogens (tertiary/aromatic N) is 1. The van der Waals surface area contributed by atoms with Gasteiger partial charge in [-0.25, -0.2) is 0 Å². The average molecular weight is 294 g/mol. The molecular weight excluding hydrogens is 272 g/mol. The lowest BCUT2D eigenvalue weighted by atomic mass is 9.90. The van der Waals surface area contributed by atoms with Crippen LogP contribution in [0.3, 0.4) is 0 Å². The number of carbonyl (C=O) groups is 1. The first kappa shape index (κ1) is 16.9. The number of amides is 1. The largest absolute Gasteiger partial charge is 0.378 e. The van der Waals surface area contributed by atoms with Crippen LogP contribution in [-0.2, 0) is 0 Å². The highest BCUT2D eigenvalue weighted by Crippen LogP contribution is 2.27. The first-order chi connectivity index (χ1) is 9.68. The Labute approximate surface area is 123 Å². The molecule has 0 aliphatic heterocycles. The minimum absolute atomic E-state index is 0.0904. The molecule has 0 fully saturated rings. The number of anilines is 1. The maximum Gasteiger partial charge on any atom is 0.270 e. The van der Waals surface area contributed by atoms with Crippen LogP contribution in [0, 0.1) is 16.0 Å². The van der Waals surface area contributed by atoms with Crippen molar-refractivity contribution in [2.24, 2.45) is 17.4 Å². The molecular formula is C14H22N4O3. The number of nitrogens with one attached hydrogen (secondary N) is 1. The van der Waals surface area contributed by atoms with E-state index >= 15 is 0 Å². The zero-order valence-electron chi connectivity index (χ0n) is 12.6. The highest BCUT2D eigenvalue weighted by Gasteiger charge is 2.26. The number of non-ortho nitro benzene ring substituents is 1. The van der Waals surface area contributed by atoms with Crippen molar-refractivity contribution >= 4 is 17.3 Å². The average Bonchev–Trinajstić information content (AvgIpc) is 2.37. The molecule has 0 saturated carbocycles. The predicted molar refractivity (Wildman–Crippen MR) is 82.2 cm³/mol. The van der Waals surface area contributed by atoms with Gasteiger partial charge in [0.2, 0.25) is 0 Å². The van der Waals surface area contributed by atoms with Gasteiger partial charge in [0, 0.05) is 29.9 Å². The molecule has 21 heavy (non-hydrogen) atoms. The van der Waals surface area contributed by atoms with Gasteiger partial charge in [-0.2, -0.15) is 0 Å². The van der Waals surface area contributed by atoms with E-state index in [-0.39, 0.29) is 11.3 Å². The summed E-state index contributed by atoms with van der Waals surface area (Å²) >= 11 is 0. The SMILES string of the molecule is CC(C)CC(C)(CN)Nc1ccc([N+](=O)[O-])cc1C(N)=O. The standard InChI is InChI=1S/C14H22N4O3/c1-9(2)7-14(3,8-15)17-12-5-4-10(18(20)21)6-11(12)13(16)19/h4-6,9,17H,7-8,15H2,1-3H3,(H2,16,19). The van der Waals surface area contributed by atoms with Crippen LogP contribution in [0.1, 0.15) is 37.6 Å². The molecule has 0 radical (unpaired) electrons. The smallest absolute Gasteiger partial charge is 0.270 e. The molecule has 0 aliphatic rings. The minimum Gasteiger partial charge on any atom is -0.378 e. The van der Waals surface area contributed by atoms with Crippen molar-refractivity contribution < 1.29 is 9.72 Å². The molecule has 0 bridgehead atoms. The number of rotatable bonds is 7. The first-order valence-electron chi connectivity index (χ1n) is 6.75. The summed E-state index contributed by atoms with van der Waals surface area (Å²) in [5.41, 5.74) is 11.1. The van der Waals surface area contributed by atoms with Crippen molar-refractivity contribution in [3.63, 3.8) is 0 Å². The molecule has 1 rings (SSSR count). The fourth-order valence-corrected chi connectivity index (χ4v) is 2.37. The van der Waals surface area contributed by atoms with Crippen LogP contribution < -0.4 is 16.8 Å². The Balaban J connectivity index is 3.17. The Morgan fingerprint density at radius 1 is 1.48 bits per heavy atom. The first-order valence-corrected chi connectivity index (χ1v) is 6.75. The number of nitrogens with two attached hydrogens (primary N) is 2. The monoisotopic (exact) mass is 294 g/mol. The molecule has 0 spiro atoms. The number of benzene rings is 1. The molecule has 1 aromatic carbocycles. The maximum absolute atomic E-state index is 11.5. The number of nitro groups is 1. The van der Waals surface area contributed by atoms with Gasteiger partial charge in [0.05, 0.1) is 10.5 Å². The lowest BCUT2D eigenvalue weighted by Crippen LogP contribution is -2.44. The van der Waals surface area contributed by atoms with E-state index in [1.165, 1.54) is 18.2 Å². The van der Waals surface area contributed by atoms with Crippen molar-refractivity contribution in [2.45, 2.75) is 32.7 Å². The van der Waals surface area contributed by atoms with Crippen LogP contribution >= 0.6 is 0 Å². The molecule has 0 saturated heterocycles. The Kier molecular flexibility index (Phi) is 5.26. The van der Waals surface area contributed by atoms with E-state index in [1.807, 2.05) is 6.92 Å². The van der Waals surface area contributed by atoms with Crippen LogP contribution in [0.2, 0.25) is 0 Å². The third-order valence-electron chi connectivity index (χ3n) is 3.23. The van der Waals surface area contributed by atoms with E-state index in [1.54, 1.807) is 0 Å². The van der Waals surface area contributed by atoms with Crippen molar-refractivity contribution in [3.8, 4) is 0 Å². The molecule has 7 heteroatoms. The van der Waals surface area contributed by atoms with Gasteiger partial charge in [0.25, 0.3) is 11.6 Å². The van der Waals surface area contributed by atoms with Gasteiger partial charge in [-0.1, -0.05) is 13.8 Å². The van der Waals surface area contributed by atoms with E-state index in [2.05, 4.69) is 19.2 Å². The molecule has 1 aromatic rings. The van der Waals surface area contributed by atoms with Gasteiger partial charge in [-0.15, -0.1) is 0 Å². The van der Waals surface area contributed by atoms with Gasteiger partial charge in [0.15, 0.2) is 0 Å². The van der Waals surface area contributed by atoms with Crippen LogP contribution in [0.4, 0.5) is 11.4 Å². The predicted octanol–water partition coefficient (Wildman–Crippen LogP) is 1.87. The Morgan fingerprint density at radius 2 is 2.10 bits per heavy atom. The van der Waals surface area contributed by atoms with Crippen LogP contribution in [-0.4, -0.2) is 22.9 Å². The Morgan fingerprint density at radius 3 is 2.52 bits per heavy atom. The number of hydrogen-bond acceptors (Lipinski definition) is 5. The summed E-state index contributed by atoms with van der Waals surface area (Å²) in [5, 5.41) is 14.0. The van der Waals surface area contributed by atoms with E-state index in [4.69, 9.17) is 11.5 Å². The normalized spacial score (nSPS) is 13.8. The quantitative estimate of drug-likeness (QED) is 0.523. The van der Waals surface area contributed by atoms with E-state index in [9.17, 15) is 14.9 Å². The molecule has 0 aliphatic carbocycles. The number of hydrogen-bond donors (Lipinski definition) is 3. The number of carbonyl (C=O) groups excluding carboxylic acids is 1. The van der Waals surface area contributed by atoms with Gasteiger partial charge >= 0.3 is 0 Å². The van der Waals surface area contributed by atoms with Crippen LogP contribution in [0.5, 0.6) is 0 Å². The lowest BCUT2D eigenvalue weighted by molar-refractivity contribution is -0.384. The van der Waals surface area contributed by atoms with Gasteiger partial charge in [0.1, 0.15) is 0 Å². The second-order valence-corrected chi connectivity index (χ2v) is 5.84. The lowest BCUT2D eigenvalue weighted by Gasteiger charge is -2.33. The molecule has 1 atom stereocenters. The van der Waals surface area contributed by atoms with Crippen LogP contribution in [0.25, 0.3) is 0 Å². The number of nitro benzene ring substituents is 1. The van der Waals surface area contributed by atoms with E-state index in [0.717, 1.165) is 6.42 Å². The fourth-order valence-electron chi connectivity index (χ4n) is 2.37. The topological polar surface area (TPSA) is 124 Å². The molecule has 1 unspecified atom stereocenters. The molecule has 1 amide bonds. The van der Waals surface area contributed by atoms with Gasteiger partial charge in [-0.05, 0) is 25.3 Å². The van der Waals surface area contributed by atoms with Crippen molar-refractivity contribution in [1.29, 1.82) is 0 Å². The maximum atomic E-state index is 11.5. The van der Waals surface area contributed by atoms with E-state index in [0.29, 0.717) is 18.2 Å². The molecule has 0 heterocycles. The summed E-state index contributed by atoms with van der Waals surface area (Å²) in [6.07, 6.45) is 0.790. The highest BCUT2D eigenvalue weighted by molar-refractivity contribution is 5.99. The summed E-state index contributed by atoms with van der Waals surface area (Å²) in [7, 11) is 0. The summed E-state index contributed by atoms with van der Waals surface area (Å²) in [6, 6.07) is 4.00. The summed E-state index contributed by atoms with van der Waals surface area (Å²) in [4.78, 5) is 21.7. The molecule has 7 nitrogen and oxygen atoms in total. The zero-order chi connectivity index (χ0) is 16.2. The molecule has 0 aromatic heterocycles.